The number of nitrogens with two attached hydrogens (primary N) is 1. The Hall–Kier alpha value is -1.06. The number of rotatable bonds is 5. The van der Waals surface area contributed by atoms with Gasteiger partial charge in [0.25, 0.3) is 0 Å². The van der Waals surface area contributed by atoms with Gasteiger partial charge in [-0.3, -0.25) is 0 Å². The fourth-order valence-corrected chi connectivity index (χ4v) is 2.39. The SMILES string of the molecule is CCc1ccc(C(N)CCc2ccsc2)o1. The monoisotopic (exact) mass is 235 g/mol. The Morgan fingerprint density at radius 2 is 2.25 bits per heavy atom. The smallest absolute Gasteiger partial charge is 0.120 e. The molecule has 0 spiro atoms. The standard InChI is InChI=1S/C13H17NOS/c1-2-11-4-6-13(15-11)12(14)5-3-10-7-8-16-9-10/h4,6-9,12H,2-3,5,14H2,1H3. The summed E-state index contributed by atoms with van der Waals surface area (Å²) in [6.45, 7) is 2.08. The number of thiophene rings is 1. The van der Waals surface area contributed by atoms with Crippen molar-refractivity contribution in [3.8, 4) is 0 Å². The molecule has 0 aromatic carbocycles. The van der Waals surface area contributed by atoms with Crippen molar-refractivity contribution in [1.29, 1.82) is 0 Å². The van der Waals surface area contributed by atoms with Crippen molar-refractivity contribution in [3.63, 3.8) is 0 Å². The van der Waals surface area contributed by atoms with Gasteiger partial charge in [-0.2, -0.15) is 11.3 Å². The number of furan rings is 1. The summed E-state index contributed by atoms with van der Waals surface area (Å²) < 4.78 is 5.64. The van der Waals surface area contributed by atoms with Crippen molar-refractivity contribution in [2.75, 3.05) is 0 Å². The highest BCUT2D eigenvalue weighted by atomic mass is 32.1. The first-order valence-corrected chi connectivity index (χ1v) is 6.59. The largest absolute Gasteiger partial charge is 0.464 e. The molecule has 0 fully saturated rings. The maximum absolute atomic E-state index is 6.09. The average molecular weight is 235 g/mol. The first-order valence-electron chi connectivity index (χ1n) is 5.65. The molecule has 0 amide bonds. The molecule has 16 heavy (non-hydrogen) atoms. The first kappa shape index (κ1) is 11.4. The summed E-state index contributed by atoms with van der Waals surface area (Å²) >= 11 is 1.73. The lowest BCUT2D eigenvalue weighted by Crippen LogP contribution is -2.10. The van der Waals surface area contributed by atoms with Gasteiger partial charge in [-0.15, -0.1) is 0 Å². The van der Waals surface area contributed by atoms with Crippen LogP contribution in [0.25, 0.3) is 0 Å². The van der Waals surface area contributed by atoms with E-state index in [2.05, 4.69) is 23.8 Å². The molecule has 2 rings (SSSR count). The van der Waals surface area contributed by atoms with Crippen LogP contribution in [-0.2, 0) is 12.8 Å². The quantitative estimate of drug-likeness (QED) is 0.861. The minimum Gasteiger partial charge on any atom is -0.464 e. The Labute approximate surface area is 100 Å². The Morgan fingerprint density at radius 1 is 1.38 bits per heavy atom. The highest BCUT2D eigenvalue weighted by molar-refractivity contribution is 7.07. The highest BCUT2D eigenvalue weighted by Gasteiger charge is 2.10. The molecule has 0 bridgehead atoms. The van der Waals surface area contributed by atoms with Gasteiger partial charge in [-0.05, 0) is 47.4 Å². The molecule has 0 aliphatic heterocycles. The third-order valence-corrected chi connectivity index (χ3v) is 3.45. The van der Waals surface area contributed by atoms with Crippen molar-refractivity contribution < 1.29 is 4.42 Å². The molecule has 0 saturated heterocycles. The highest BCUT2D eigenvalue weighted by Crippen LogP contribution is 2.20. The summed E-state index contributed by atoms with van der Waals surface area (Å²) in [5.74, 6) is 1.92. The lowest BCUT2D eigenvalue weighted by atomic mass is 10.1. The molecular formula is C13H17NOS. The zero-order valence-electron chi connectivity index (χ0n) is 9.48. The fraction of sp³-hybridized carbons (Fsp3) is 0.385. The summed E-state index contributed by atoms with van der Waals surface area (Å²) in [5, 5.41) is 4.27. The van der Waals surface area contributed by atoms with Crippen LogP contribution in [0.3, 0.4) is 0 Å². The number of hydrogen-bond acceptors (Lipinski definition) is 3. The Kier molecular flexibility index (Phi) is 3.80. The minimum atomic E-state index is 0.0141. The molecule has 2 aromatic rings. The summed E-state index contributed by atoms with van der Waals surface area (Å²) in [6.07, 6.45) is 2.89. The van der Waals surface area contributed by atoms with Crippen molar-refractivity contribution >= 4 is 11.3 Å². The zero-order chi connectivity index (χ0) is 11.4. The van der Waals surface area contributed by atoms with Crippen LogP contribution < -0.4 is 5.73 Å². The topological polar surface area (TPSA) is 39.2 Å². The van der Waals surface area contributed by atoms with Gasteiger partial charge in [0.1, 0.15) is 11.5 Å². The molecule has 3 heteroatoms. The van der Waals surface area contributed by atoms with E-state index in [0.29, 0.717) is 0 Å². The lowest BCUT2D eigenvalue weighted by molar-refractivity contribution is 0.425. The molecule has 1 atom stereocenters. The van der Waals surface area contributed by atoms with Gasteiger partial charge < -0.3 is 10.2 Å². The van der Waals surface area contributed by atoms with E-state index in [1.165, 1.54) is 5.56 Å². The zero-order valence-corrected chi connectivity index (χ0v) is 10.3. The first-order chi connectivity index (χ1) is 7.79. The van der Waals surface area contributed by atoms with Gasteiger partial charge in [-0.1, -0.05) is 6.92 Å². The fourth-order valence-electron chi connectivity index (χ4n) is 1.68. The molecule has 0 saturated carbocycles. The number of hydrogen-bond donors (Lipinski definition) is 1. The third kappa shape index (κ3) is 2.74. The summed E-state index contributed by atoms with van der Waals surface area (Å²) in [4.78, 5) is 0. The molecule has 0 aliphatic rings. The predicted octanol–water partition coefficient (Wildman–Crippen LogP) is 3.54. The van der Waals surface area contributed by atoms with Gasteiger partial charge in [0.05, 0.1) is 6.04 Å². The Bertz CT molecular complexity index is 419. The molecule has 2 heterocycles. The normalized spacial score (nSPS) is 12.9. The van der Waals surface area contributed by atoms with E-state index in [9.17, 15) is 0 Å². The molecule has 2 N–H and O–H groups in total. The second-order valence-corrected chi connectivity index (χ2v) is 4.71. The molecule has 2 aromatic heterocycles. The molecule has 86 valence electrons. The van der Waals surface area contributed by atoms with Crippen LogP contribution in [0.4, 0.5) is 0 Å². The van der Waals surface area contributed by atoms with Crippen molar-refractivity contribution in [3.05, 3.63) is 46.0 Å². The van der Waals surface area contributed by atoms with Gasteiger partial charge in [-0.25, -0.2) is 0 Å². The van der Waals surface area contributed by atoms with Crippen LogP contribution in [0.15, 0.2) is 33.4 Å². The van der Waals surface area contributed by atoms with E-state index in [-0.39, 0.29) is 6.04 Å². The predicted molar refractivity (Wildman–Crippen MR) is 67.7 cm³/mol. The Balaban J connectivity index is 1.90. The minimum absolute atomic E-state index is 0.0141. The van der Waals surface area contributed by atoms with E-state index in [1.807, 2.05) is 12.1 Å². The van der Waals surface area contributed by atoms with Crippen LogP contribution in [0.5, 0.6) is 0 Å². The van der Waals surface area contributed by atoms with E-state index in [0.717, 1.165) is 30.8 Å². The van der Waals surface area contributed by atoms with E-state index >= 15 is 0 Å². The van der Waals surface area contributed by atoms with Gasteiger partial charge in [0, 0.05) is 6.42 Å². The average Bonchev–Trinajstić information content (AvgIpc) is 2.96. The van der Waals surface area contributed by atoms with Gasteiger partial charge in [0.15, 0.2) is 0 Å². The molecule has 1 unspecified atom stereocenters. The molecule has 2 nitrogen and oxygen atoms in total. The van der Waals surface area contributed by atoms with E-state index in [1.54, 1.807) is 11.3 Å². The van der Waals surface area contributed by atoms with Crippen molar-refractivity contribution in [2.24, 2.45) is 5.73 Å². The van der Waals surface area contributed by atoms with E-state index < -0.39 is 0 Å². The molecule has 0 aliphatic carbocycles. The van der Waals surface area contributed by atoms with Crippen LogP contribution in [0.2, 0.25) is 0 Å². The number of aryl methyl sites for hydroxylation is 2. The van der Waals surface area contributed by atoms with Crippen LogP contribution >= 0.6 is 11.3 Å². The second-order valence-electron chi connectivity index (χ2n) is 3.93. The summed E-state index contributed by atoms with van der Waals surface area (Å²) in [7, 11) is 0. The summed E-state index contributed by atoms with van der Waals surface area (Å²) in [6, 6.07) is 6.17. The van der Waals surface area contributed by atoms with Crippen molar-refractivity contribution in [2.45, 2.75) is 32.2 Å². The molecule has 0 radical (unpaired) electrons. The van der Waals surface area contributed by atoms with Crippen molar-refractivity contribution in [1.82, 2.24) is 0 Å². The second kappa shape index (κ2) is 5.32. The van der Waals surface area contributed by atoms with Gasteiger partial charge >= 0.3 is 0 Å². The maximum atomic E-state index is 6.09. The third-order valence-electron chi connectivity index (χ3n) is 2.72. The Morgan fingerprint density at radius 3 is 2.88 bits per heavy atom. The van der Waals surface area contributed by atoms with E-state index in [4.69, 9.17) is 10.2 Å². The lowest BCUT2D eigenvalue weighted by Gasteiger charge is -2.07. The summed E-state index contributed by atoms with van der Waals surface area (Å²) in [5.41, 5.74) is 7.45. The maximum Gasteiger partial charge on any atom is 0.120 e. The van der Waals surface area contributed by atoms with Crippen LogP contribution in [-0.4, -0.2) is 0 Å². The van der Waals surface area contributed by atoms with Crippen LogP contribution in [0, 0.1) is 0 Å². The van der Waals surface area contributed by atoms with Crippen LogP contribution in [0.1, 0.15) is 36.5 Å². The van der Waals surface area contributed by atoms with Gasteiger partial charge in [0.2, 0.25) is 0 Å². The molecular weight excluding hydrogens is 218 g/mol.